The Kier molecular flexibility index (Phi) is 3.44. The van der Waals surface area contributed by atoms with Gasteiger partial charge in [0.05, 0.1) is 16.9 Å². The van der Waals surface area contributed by atoms with Gasteiger partial charge < -0.3 is 11.1 Å². The molecule has 0 aliphatic rings. The molecule has 0 unspecified atom stereocenters. The van der Waals surface area contributed by atoms with E-state index < -0.39 is 0 Å². The van der Waals surface area contributed by atoms with Crippen LogP contribution in [0.15, 0.2) is 28.9 Å². The Balaban J connectivity index is 2.18. The van der Waals surface area contributed by atoms with Gasteiger partial charge in [-0.25, -0.2) is 4.98 Å². The number of carbonyl (C=O) groups excluding carboxylic acids is 1. The molecule has 0 fully saturated rings. The predicted molar refractivity (Wildman–Crippen MR) is 73.4 cm³/mol. The fourth-order valence-corrected chi connectivity index (χ4v) is 2.45. The third-order valence-electron chi connectivity index (χ3n) is 2.09. The molecule has 6 heteroatoms. The molecule has 2 aromatic rings. The van der Waals surface area contributed by atoms with E-state index in [9.17, 15) is 4.79 Å². The number of nitrogens with one attached hydrogen (secondary N) is 1. The maximum Gasteiger partial charge on any atom is 0.267 e. The highest BCUT2D eigenvalue weighted by Gasteiger charge is 2.10. The lowest BCUT2D eigenvalue weighted by Gasteiger charge is -2.06. The van der Waals surface area contributed by atoms with Crippen LogP contribution in [0.2, 0.25) is 0 Å². The van der Waals surface area contributed by atoms with Crippen molar-refractivity contribution in [2.75, 3.05) is 11.1 Å². The van der Waals surface area contributed by atoms with Crippen LogP contribution in [0.3, 0.4) is 0 Å². The van der Waals surface area contributed by atoms with Gasteiger partial charge in [0.25, 0.3) is 5.91 Å². The van der Waals surface area contributed by atoms with Gasteiger partial charge in [0.1, 0.15) is 4.88 Å². The summed E-state index contributed by atoms with van der Waals surface area (Å²) in [6.07, 6.45) is 1.57. The highest BCUT2D eigenvalue weighted by molar-refractivity contribution is 9.10. The van der Waals surface area contributed by atoms with Gasteiger partial charge in [0, 0.05) is 10.2 Å². The zero-order chi connectivity index (χ0) is 12.4. The van der Waals surface area contributed by atoms with Crippen molar-refractivity contribution in [2.45, 2.75) is 6.92 Å². The molecule has 0 saturated carbocycles. The molecule has 88 valence electrons. The fraction of sp³-hybridized carbons (Fsp3) is 0.0909. The Labute approximate surface area is 111 Å². The molecule has 2 rings (SSSR count). The van der Waals surface area contributed by atoms with Gasteiger partial charge in [0.2, 0.25) is 0 Å². The largest absolute Gasteiger partial charge is 0.399 e. The van der Waals surface area contributed by atoms with Gasteiger partial charge in [-0.2, -0.15) is 0 Å². The zero-order valence-corrected chi connectivity index (χ0v) is 11.4. The van der Waals surface area contributed by atoms with Crippen molar-refractivity contribution in [1.82, 2.24) is 4.98 Å². The highest BCUT2D eigenvalue weighted by atomic mass is 79.9. The summed E-state index contributed by atoms with van der Waals surface area (Å²) in [4.78, 5) is 16.5. The van der Waals surface area contributed by atoms with Gasteiger partial charge in [-0.05, 0) is 41.1 Å². The zero-order valence-electron chi connectivity index (χ0n) is 9.03. The molecule has 1 aromatic heterocycles. The number of nitrogen functional groups attached to an aromatic ring is 1. The molecule has 0 bridgehead atoms. The first-order chi connectivity index (χ1) is 8.06. The number of aromatic nitrogens is 1. The summed E-state index contributed by atoms with van der Waals surface area (Å²) in [5.41, 5.74) is 6.95. The quantitative estimate of drug-likeness (QED) is 0.838. The third-order valence-corrected chi connectivity index (χ3v) is 3.65. The Morgan fingerprint density at radius 2 is 2.29 bits per heavy atom. The van der Waals surface area contributed by atoms with Crippen LogP contribution in [0.1, 0.15) is 14.7 Å². The third kappa shape index (κ3) is 2.83. The van der Waals surface area contributed by atoms with E-state index in [1.54, 1.807) is 24.4 Å². The minimum absolute atomic E-state index is 0.166. The molecule has 0 aliphatic heterocycles. The lowest BCUT2D eigenvalue weighted by Crippen LogP contribution is -2.10. The van der Waals surface area contributed by atoms with Crippen molar-refractivity contribution in [3.63, 3.8) is 0 Å². The van der Waals surface area contributed by atoms with E-state index in [1.807, 2.05) is 6.92 Å². The second kappa shape index (κ2) is 4.85. The van der Waals surface area contributed by atoms with Crippen LogP contribution in [0.5, 0.6) is 0 Å². The summed E-state index contributed by atoms with van der Waals surface area (Å²) in [5, 5.41) is 3.66. The van der Waals surface area contributed by atoms with Crippen molar-refractivity contribution in [3.05, 3.63) is 38.8 Å². The molecule has 0 spiro atoms. The van der Waals surface area contributed by atoms with Crippen LogP contribution in [0.25, 0.3) is 0 Å². The summed E-state index contributed by atoms with van der Waals surface area (Å²) in [5.74, 6) is -0.166. The number of nitrogens with two attached hydrogens (primary N) is 1. The Bertz CT molecular complexity index is 568. The second-order valence-electron chi connectivity index (χ2n) is 3.44. The summed E-state index contributed by atoms with van der Waals surface area (Å²) in [6, 6.07) is 5.23. The van der Waals surface area contributed by atoms with Gasteiger partial charge >= 0.3 is 0 Å². The SMILES string of the molecule is Cc1ncc(C(=O)Nc2ccc(N)cc2Br)s1. The summed E-state index contributed by atoms with van der Waals surface area (Å²) in [6.45, 7) is 1.86. The minimum atomic E-state index is -0.166. The van der Waals surface area contributed by atoms with Crippen LogP contribution >= 0.6 is 27.3 Å². The van der Waals surface area contributed by atoms with Crippen molar-refractivity contribution >= 4 is 44.5 Å². The van der Waals surface area contributed by atoms with Crippen molar-refractivity contribution in [2.24, 2.45) is 0 Å². The highest BCUT2D eigenvalue weighted by Crippen LogP contribution is 2.25. The molecule has 3 N–H and O–H groups in total. The number of halogens is 1. The first kappa shape index (κ1) is 12.1. The van der Waals surface area contributed by atoms with Crippen LogP contribution in [-0.2, 0) is 0 Å². The molecular formula is C11H10BrN3OS. The number of benzene rings is 1. The van der Waals surface area contributed by atoms with E-state index >= 15 is 0 Å². The topological polar surface area (TPSA) is 68.0 Å². The van der Waals surface area contributed by atoms with E-state index in [0.717, 1.165) is 9.48 Å². The Morgan fingerprint density at radius 1 is 1.53 bits per heavy atom. The van der Waals surface area contributed by atoms with Crippen LogP contribution in [0, 0.1) is 6.92 Å². The first-order valence-corrected chi connectivity index (χ1v) is 6.46. The number of aryl methyl sites for hydroxylation is 1. The Hall–Kier alpha value is -1.40. The van der Waals surface area contributed by atoms with Crippen molar-refractivity contribution in [3.8, 4) is 0 Å². The number of rotatable bonds is 2. The van der Waals surface area contributed by atoms with E-state index in [2.05, 4.69) is 26.2 Å². The number of hydrogen-bond acceptors (Lipinski definition) is 4. The molecule has 0 atom stereocenters. The molecule has 0 saturated heterocycles. The molecule has 17 heavy (non-hydrogen) atoms. The average Bonchev–Trinajstić information content (AvgIpc) is 2.69. The van der Waals surface area contributed by atoms with E-state index in [0.29, 0.717) is 16.3 Å². The van der Waals surface area contributed by atoms with Crippen molar-refractivity contribution < 1.29 is 4.79 Å². The molecular weight excluding hydrogens is 302 g/mol. The molecule has 4 nitrogen and oxygen atoms in total. The standard InChI is InChI=1S/C11H10BrN3OS/c1-6-14-5-10(17-6)11(16)15-9-3-2-7(13)4-8(9)12/h2-5H,13H2,1H3,(H,15,16). The van der Waals surface area contributed by atoms with Crippen LogP contribution in [0.4, 0.5) is 11.4 Å². The van der Waals surface area contributed by atoms with Gasteiger partial charge in [0.15, 0.2) is 0 Å². The number of nitrogens with zero attached hydrogens (tertiary/aromatic N) is 1. The van der Waals surface area contributed by atoms with E-state index in [1.165, 1.54) is 11.3 Å². The minimum Gasteiger partial charge on any atom is -0.399 e. The van der Waals surface area contributed by atoms with Crippen LogP contribution in [-0.4, -0.2) is 10.9 Å². The lowest BCUT2D eigenvalue weighted by atomic mass is 10.3. The van der Waals surface area contributed by atoms with E-state index in [-0.39, 0.29) is 5.91 Å². The lowest BCUT2D eigenvalue weighted by molar-refractivity contribution is 0.103. The monoisotopic (exact) mass is 311 g/mol. The maximum absolute atomic E-state index is 11.9. The molecule has 1 heterocycles. The van der Waals surface area contributed by atoms with Gasteiger partial charge in [-0.1, -0.05) is 0 Å². The predicted octanol–water partition coefficient (Wildman–Crippen LogP) is 3.05. The summed E-state index contributed by atoms with van der Waals surface area (Å²) < 4.78 is 0.757. The molecule has 1 amide bonds. The fourth-order valence-electron chi connectivity index (χ4n) is 1.28. The summed E-state index contributed by atoms with van der Waals surface area (Å²) in [7, 11) is 0. The molecule has 1 aromatic carbocycles. The van der Waals surface area contributed by atoms with Gasteiger partial charge in [-0.15, -0.1) is 11.3 Å². The number of hydrogen-bond donors (Lipinski definition) is 2. The number of anilines is 2. The Morgan fingerprint density at radius 3 is 2.88 bits per heavy atom. The number of thiazole rings is 1. The molecule has 0 radical (unpaired) electrons. The summed E-state index contributed by atoms with van der Waals surface area (Å²) >= 11 is 4.71. The smallest absolute Gasteiger partial charge is 0.267 e. The second-order valence-corrected chi connectivity index (χ2v) is 5.53. The number of carbonyl (C=O) groups is 1. The van der Waals surface area contributed by atoms with Crippen molar-refractivity contribution in [1.29, 1.82) is 0 Å². The first-order valence-electron chi connectivity index (χ1n) is 4.85. The van der Waals surface area contributed by atoms with Crippen LogP contribution < -0.4 is 11.1 Å². The van der Waals surface area contributed by atoms with Gasteiger partial charge in [-0.3, -0.25) is 4.79 Å². The maximum atomic E-state index is 11.9. The normalized spacial score (nSPS) is 10.2. The van der Waals surface area contributed by atoms with E-state index in [4.69, 9.17) is 5.73 Å². The average molecular weight is 312 g/mol. The molecule has 0 aliphatic carbocycles. The number of amides is 1.